The number of allylic oxidation sites excluding steroid dienone is 1. The number of carbonyl (C=O) groups is 1. The summed E-state index contributed by atoms with van der Waals surface area (Å²) in [4.78, 5) is 19.1. The summed E-state index contributed by atoms with van der Waals surface area (Å²) in [7, 11) is 0. The predicted octanol–water partition coefficient (Wildman–Crippen LogP) is 3.85. The van der Waals surface area contributed by atoms with Crippen LogP contribution in [0, 0.1) is 5.82 Å². The van der Waals surface area contributed by atoms with E-state index in [9.17, 15) is 22.4 Å². The van der Waals surface area contributed by atoms with Crippen molar-refractivity contribution in [3.05, 3.63) is 70.4 Å². The first-order valence-electron chi connectivity index (χ1n) is 7.61. The third-order valence-electron chi connectivity index (χ3n) is 3.47. The molecule has 0 fully saturated rings. The minimum absolute atomic E-state index is 0.0538. The summed E-state index contributed by atoms with van der Waals surface area (Å²) in [6.07, 6.45) is -2.27. The van der Waals surface area contributed by atoms with Gasteiger partial charge in [-0.2, -0.15) is 13.2 Å². The molecule has 1 aromatic heterocycles. The number of aliphatic imine (C=N–C) groups is 1. The van der Waals surface area contributed by atoms with E-state index in [0.29, 0.717) is 17.4 Å². The van der Waals surface area contributed by atoms with Crippen LogP contribution in [0.15, 0.2) is 52.8 Å². The van der Waals surface area contributed by atoms with Gasteiger partial charge in [-0.15, -0.1) is 0 Å². The molecule has 5 nitrogen and oxygen atoms in total. The second kappa shape index (κ2) is 7.98. The lowest BCUT2D eigenvalue weighted by molar-refractivity contribution is -0.138. The normalized spacial score (nSPS) is 12.9. The Labute approximate surface area is 151 Å². The Kier molecular flexibility index (Phi) is 5.94. The van der Waals surface area contributed by atoms with Gasteiger partial charge < -0.3 is 10.8 Å². The molecule has 0 bridgehead atoms. The van der Waals surface area contributed by atoms with Crippen molar-refractivity contribution in [1.82, 2.24) is 4.98 Å². The van der Waals surface area contributed by atoms with Gasteiger partial charge in [-0.05, 0) is 42.8 Å². The number of carboxylic acids is 1. The first-order valence-corrected chi connectivity index (χ1v) is 7.61. The maximum atomic E-state index is 13.5. The number of halogens is 4. The summed E-state index contributed by atoms with van der Waals surface area (Å²) in [5, 5.41) is 9.02. The van der Waals surface area contributed by atoms with Crippen LogP contribution in [0.3, 0.4) is 0 Å². The van der Waals surface area contributed by atoms with E-state index in [2.05, 4.69) is 9.98 Å². The van der Waals surface area contributed by atoms with E-state index in [4.69, 9.17) is 10.8 Å². The number of hydrogen-bond donors (Lipinski definition) is 2. The van der Waals surface area contributed by atoms with Crippen molar-refractivity contribution in [2.45, 2.75) is 19.5 Å². The largest absolute Gasteiger partial charge is 0.478 e. The minimum Gasteiger partial charge on any atom is -0.478 e. The molecule has 1 aromatic carbocycles. The highest BCUT2D eigenvalue weighted by Crippen LogP contribution is 2.31. The number of aromatic nitrogens is 1. The van der Waals surface area contributed by atoms with E-state index >= 15 is 0 Å². The molecule has 0 unspecified atom stereocenters. The van der Waals surface area contributed by atoms with Gasteiger partial charge in [-0.3, -0.25) is 9.98 Å². The van der Waals surface area contributed by atoms with Crippen molar-refractivity contribution >= 4 is 17.9 Å². The molecule has 0 aliphatic carbocycles. The second-order valence-corrected chi connectivity index (χ2v) is 5.69. The molecule has 0 radical (unpaired) electrons. The summed E-state index contributed by atoms with van der Waals surface area (Å²) in [5.74, 6) is -2.24. The average Bonchev–Trinajstić information content (AvgIpc) is 2.53. The van der Waals surface area contributed by atoms with Gasteiger partial charge in [-0.1, -0.05) is 0 Å². The zero-order valence-corrected chi connectivity index (χ0v) is 14.1. The van der Waals surface area contributed by atoms with Gasteiger partial charge in [0.05, 0.1) is 16.8 Å². The Morgan fingerprint density at radius 2 is 2.00 bits per heavy atom. The molecular weight excluding hydrogens is 366 g/mol. The second-order valence-electron chi connectivity index (χ2n) is 5.69. The number of nitrogens with zero attached hydrogens (tertiary/aromatic N) is 2. The van der Waals surface area contributed by atoms with Crippen molar-refractivity contribution in [3.8, 4) is 0 Å². The lowest BCUT2D eigenvalue weighted by atomic mass is 10.0. The van der Waals surface area contributed by atoms with Crippen LogP contribution in [0.4, 0.5) is 23.2 Å². The molecule has 1 heterocycles. The van der Waals surface area contributed by atoms with Gasteiger partial charge in [0.25, 0.3) is 0 Å². The molecule has 0 saturated carbocycles. The van der Waals surface area contributed by atoms with Crippen molar-refractivity contribution in [2.75, 3.05) is 0 Å². The molecule has 2 rings (SSSR count). The minimum atomic E-state index is -4.66. The van der Waals surface area contributed by atoms with Crippen molar-refractivity contribution in [3.63, 3.8) is 0 Å². The summed E-state index contributed by atoms with van der Waals surface area (Å²) in [6, 6.07) is 5.21. The zero-order valence-electron chi connectivity index (χ0n) is 14.1. The highest BCUT2D eigenvalue weighted by molar-refractivity contribution is 6.09. The number of nitrogens with two attached hydrogens (primary N) is 1. The first-order chi connectivity index (χ1) is 12.6. The molecule has 0 amide bonds. The predicted molar refractivity (Wildman–Crippen MR) is 91.1 cm³/mol. The maximum Gasteiger partial charge on any atom is 0.416 e. The van der Waals surface area contributed by atoms with Crippen LogP contribution in [0.2, 0.25) is 0 Å². The highest BCUT2D eigenvalue weighted by atomic mass is 19.4. The lowest BCUT2D eigenvalue weighted by Crippen LogP contribution is -2.09. The van der Waals surface area contributed by atoms with E-state index in [1.54, 1.807) is 0 Å². The smallest absolute Gasteiger partial charge is 0.416 e. The van der Waals surface area contributed by atoms with E-state index in [0.717, 1.165) is 18.3 Å². The number of rotatable bonds is 5. The number of alkyl halides is 3. The SMILES string of the molecule is C/C(N)=C(/C=Nc1ccnc(Cc2cc(F)cc(C(F)(F)F)c2)c1)C(=O)O. The van der Waals surface area contributed by atoms with Crippen LogP contribution in [0.1, 0.15) is 23.7 Å². The molecule has 0 aliphatic heterocycles. The maximum absolute atomic E-state index is 13.5. The summed E-state index contributed by atoms with van der Waals surface area (Å²) in [5.41, 5.74) is 5.03. The fraction of sp³-hybridized carbons (Fsp3) is 0.167. The van der Waals surface area contributed by atoms with Crippen LogP contribution >= 0.6 is 0 Å². The highest BCUT2D eigenvalue weighted by Gasteiger charge is 2.31. The van der Waals surface area contributed by atoms with E-state index in [1.807, 2.05) is 0 Å². The van der Waals surface area contributed by atoms with Crippen molar-refractivity contribution in [2.24, 2.45) is 10.7 Å². The van der Waals surface area contributed by atoms with Gasteiger partial charge in [0, 0.05) is 30.2 Å². The molecule has 2 aromatic rings. The Balaban J connectivity index is 2.28. The number of benzene rings is 1. The number of carboxylic acid groups (broad SMARTS) is 1. The van der Waals surface area contributed by atoms with E-state index in [1.165, 1.54) is 25.3 Å². The summed E-state index contributed by atoms with van der Waals surface area (Å²) < 4.78 is 51.9. The lowest BCUT2D eigenvalue weighted by Gasteiger charge is -2.09. The van der Waals surface area contributed by atoms with Crippen molar-refractivity contribution < 1.29 is 27.5 Å². The van der Waals surface area contributed by atoms with Crippen LogP contribution in [-0.2, 0) is 17.4 Å². The average molecular weight is 381 g/mol. The summed E-state index contributed by atoms with van der Waals surface area (Å²) >= 11 is 0. The molecular formula is C18H15F4N3O2. The quantitative estimate of drug-likeness (QED) is 0.468. The van der Waals surface area contributed by atoms with Gasteiger partial charge >= 0.3 is 12.1 Å². The van der Waals surface area contributed by atoms with E-state index in [-0.39, 0.29) is 23.3 Å². The molecule has 3 N–H and O–H groups in total. The number of hydrogen-bond acceptors (Lipinski definition) is 4. The van der Waals surface area contributed by atoms with Gasteiger partial charge in [-0.25, -0.2) is 9.18 Å². The van der Waals surface area contributed by atoms with Crippen molar-refractivity contribution in [1.29, 1.82) is 0 Å². The van der Waals surface area contributed by atoms with Gasteiger partial charge in [0.2, 0.25) is 0 Å². The van der Waals surface area contributed by atoms with Crippen LogP contribution in [-0.4, -0.2) is 22.3 Å². The molecule has 27 heavy (non-hydrogen) atoms. The summed E-state index contributed by atoms with van der Waals surface area (Å²) in [6.45, 7) is 1.41. The fourth-order valence-corrected chi connectivity index (χ4v) is 2.23. The Bertz CT molecular complexity index is 917. The molecule has 0 aliphatic rings. The molecule has 0 spiro atoms. The standard InChI is InChI=1S/C18H15F4N3O2/c1-10(23)16(17(26)27)9-25-14-2-3-24-15(8-14)6-11-4-12(18(20,21)22)7-13(19)5-11/h2-5,7-9H,6,23H2,1H3,(H,26,27)/b16-10+,25-9?. The van der Waals surface area contributed by atoms with Crippen LogP contribution in [0.25, 0.3) is 0 Å². The molecule has 0 atom stereocenters. The van der Waals surface area contributed by atoms with Crippen LogP contribution in [0.5, 0.6) is 0 Å². The van der Waals surface area contributed by atoms with Gasteiger partial charge in [0.15, 0.2) is 0 Å². The first kappa shape index (κ1) is 20.1. The molecule has 0 saturated heterocycles. The topological polar surface area (TPSA) is 88.6 Å². The third kappa shape index (κ3) is 5.63. The number of pyridine rings is 1. The number of aliphatic carboxylic acids is 1. The van der Waals surface area contributed by atoms with E-state index < -0.39 is 23.5 Å². The molecule has 142 valence electrons. The molecule has 9 heteroatoms. The monoisotopic (exact) mass is 381 g/mol. The Morgan fingerprint density at radius 3 is 2.59 bits per heavy atom. The van der Waals surface area contributed by atoms with Gasteiger partial charge in [0.1, 0.15) is 5.82 Å². The Hall–Kier alpha value is -3.23. The third-order valence-corrected chi connectivity index (χ3v) is 3.47. The Morgan fingerprint density at radius 1 is 1.30 bits per heavy atom. The fourth-order valence-electron chi connectivity index (χ4n) is 2.23. The van der Waals surface area contributed by atoms with Crippen LogP contribution < -0.4 is 5.73 Å². The zero-order chi connectivity index (χ0) is 20.2.